The minimum atomic E-state index is 0.383. The van der Waals surface area contributed by atoms with Gasteiger partial charge in [0.25, 0.3) is 0 Å². The van der Waals surface area contributed by atoms with E-state index < -0.39 is 0 Å². The van der Waals surface area contributed by atoms with Gasteiger partial charge in [0, 0.05) is 26.5 Å². The minimum absolute atomic E-state index is 0.383. The molecule has 0 unspecified atom stereocenters. The summed E-state index contributed by atoms with van der Waals surface area (Å²) in [4.78, 5) is 9.97. The van der Waals surface area contributed by atoms with Crippen LogP contribution in [0.25, 0.3) is 0 Å². The van der Waals surface area contributed by atoms with E-state index in [4.69, 9.17) is 11.6 Å². The van der Waals surface area contributed by atoms with Crippen LogP contribution in [0, 0.1) is 0 Å². The first-order valence-electron chi connectivity index (χ1n) is 4.32. The first-order valence-corrected chi connectivity index (χ1v) is 6.33. The predicted molar refractivity (Wildman–Crippen MR) is 65.4 cm³/mol. The van der Waals surface area contributed by atoms with Crippen LogP contribution in [0.1, 0.15) is 0 Å². The van der Waals surface area contributed by atoms with Crippen molar-refractivity contribution in [3.8, 4) is 0 Å². The van der Waals surface area contributed by atoms with E-state index in [1.54, 1.807) is 12.4 Å². The third-order valence-corrected chi connectivity index (χ3v) is 4.11. The highest BCUT2D eigenvalue weighted by Gasteiger charge is 2.10. The first kappa shape index (κ1) is 11.6. The molecule has 16 heavy (non-hydrogen) atoms. The Morgan fingerprint density at radius 3 is 2.62 bits per heavy atom. The Balaban J connectivity index is 2.18. The molecule has 8 heteroatoms. The Kier molecular flexibility index (Phi) is 3.57. The number of rotatable bonds is 3. The lowest BCUT2D eigenvalue weighted by Gasteiger charge is -2.03. The van der Waals surface area contributed by atoms with Crippen LogP contribution in [0.2, 0.25) is 5.15 Å². The summed E-state index contributed by atoms with van der Waals surface area (Å²) in [6.45, 7) is 0. The molecular weight excluding hydrogens is 266 g/mol. The first-order chi connectivity index (χ1) is 7.66. The third kappa shape index (κ3) is 2.60. The number of hydrogen-bond acceptors (Lipinski definition) is 7. The van der Waals surface area contributed by atoms with Crippen molar-refractivity contribution >= 4 is 39.8 Å². The second-order valence-electron chi connectivity index (χ2n) is 3.00. The molecule has 5 nitrogen and oxygen atoms in total. The SMILES string of the molecule is CN(C)c1nnc(Sc2nccnc2Cl)s1. The van der Waals surface area contributed by atoms with Gasteiger partial charge in [-0.15, -0.1) is 10.2 Å². The molecule has 0 radical (unpaired) electrons. The molecule has 0 aliphatic rings. The van der Waals surface area contributed by atoms with Crippen LogP contribution < -0.4 is 4.90 Å². The van der Waals surface area contributed by atoms with Gasteiger partial charge >= 0.3 is 0 Å². The van der Waals surface area contributed by atoms with Gasteiger partial charge in [0.05, 0.1) is 0 Å². The maximum Gasteiger partial charge on any atom is 0.208 e. The molecule has 0 amide bonds. The van der Waals surface area contributed by atoms with Gasteiger partial charge in [-0.25, -0.2) is 9.97 Å². The number of halogens is 1. The average molecular weight is 274 g/mol. The normalized spacial score (nSPS) is 10.4. The lowest BCUT2D eigenvalue weighted by molar-refractivity contribution is 0.968. The number of hydrogen-bond donors (Lipinski definition) is 0. The Morgan fingerprint density at radius 1 is 1.25 bits per heavy atom. The van der Waals surface area contributed by atoms with Crippen molar-refractivity contribution in [2.45, 2.75) is 9.37 Å². The van der Waals surface area contributed by atoms with Crippen molar-refractivity contribution in [2.75, 3.05) is 19.0 Å². The van der Waals surface area contributed by atoms with Crippen molar-refractivity contribution in [1.29, 1.82) is 0 Å². The highest BCUT2D eigenvalue weighted by atomic mass is 35.5. The molecule has 2 aromatic rings. The van der Waals surface area contributed by atoms with Crippen LogP contribution in [0.15, 0.2) is 21.8 Å². The topological polar surface area (TPSA) is 54.8 Å². The summed E-state index contributed by atoms with van der Waals surface area (Å²) in [5.41, 5.74) is 0. The maximum atomic E-state index is 5.90. The zero-order valence-corrected chi connectivity index (χ0v) is 11.0. The highest BCUT2D eigenvalue weighted by Crippen LogP contribution is 2.33. The molecule has 0 aliphatic carbocycles. The van der Waals surface area contributed by atoms with E-state index in [1.165, 1.54) is 23.1 Å². The summed E-state index contributed by atoms with van der Waals surface area (Å²) in [5.74, 6) is 0. The Labute approximate surface area is 106 Å². The zero-order valence-electron chi connectivity index (χ0n) is 8.59. The summed E-state index contributed by atoms with van der Waals surface area (Å²) in [6.07, 6.45) is 3.15. The van der Waals surface area contributed by atoms with Gasteiger partial charge in [0.15, 0.2) is 9.49 Å². The molecule has 0 bridgehead atoms. The molecule has 0 atom stereocenters. The highest BCUT2D eigenvalue weighted by molar-refractivity contribution is 8.01. The van der Waals surface area contributed by atoms with Gasteiger partial charge in [-0.1, -0.05) is 22.9 Å². The van der Waals surface area contributed by atoms with Crippen molar-refractivity contribution < 1.29 is 0 Å². The van der Waals surface area contributed by atoms with Gasteiger partial charge in [-0.3, -0.25) is 0 Å². The Bertz CT molecular complexity index is 487. The van der Waals surface area contributed by atoms with Crippen LogP contribution in [0.5, 0.6) is 0 Å². The summed E-state index contributed by atoms with van der Waals surface area (Å²) in [5, 5.41) is 9.94. The zero-order chi connectivity index (χ0) is 11.5. The molecule has 0 saturated carbocycles. The Hall–Kier alpha value is -0.920. The fraction of sp³-hybridized carbons (Fsp3) is 0.250. The quantitative estimate of drug-likeness (QED) is 0.855. The largest absolute Gasteiger partial charge is 0.353 e. The van der Waals surface area contributed by atoms with E-state index in [9.17, 15) is 0 Å². The van der Waals surface area contributed by atoms with Crippen molar-refractivity contribution in [2.24, 2.45) is 0 Å². The molecule has 2 rings (SSSR count). The molecule has 0 aromatic carbocycles. The lowest BCUT2D eigenvalue weighted by Crippen LogP contribution is -2.07. The second kappa shape index (κ2) is 4.94. The van der Waals surface area contributed by atoms with Crippen LogP contribution in [0.4, 0.5) is 5.13 Å². The fourth-order valence-corrected chi connectivity index (χ4v) is 2.73. The number of nitrogens with zero attached hydrogens (tertiary/aromatic N) is 5. The molecular formula is C8H8ClN5S2. The maximum absolute atomic E-state index is 5.90. The van der Waals surface area contributed by atoms with Gasteiger partial charge in [-0.05, 0) is 11.8 Å². The van der Waals surface area contributed by atoms with E-state index in [-0.39, 0.29) is 0 Å². The summed E-state index contributed by atoms with van der Waals surface area (Å²) < 4.78 is 0.797. The molecule has 2 heterocycles. The van der Waals surface area contributed by atoms with E-state index in [0.29, 0.717) is 10.2 Å². The van der Waals surface area contributed by atoms with Crippen molar-refractivity contribution in [3.05, 3.63) is 17.5 Å². The molecule has 0 N–H and O–H groups in total. The van der Waals surface area contributed by atoms with E-state index >= 15 is 0 Å². The minimum Gasteiger partial charge on any atom is -0.353 e. The van der Waals surface area contributed by atoms with Gasteiger partial charge in [0.2, 0.25) is 5.13 Å². The van der Waals surface area contributed by atoms with Crippen molar-refractivity contribution in [1.82, 2.24) is 20.2 Å². The number of anilines is 1. The Morgan fingerprint density at radius 2 is 2.00 bits per heavy atom. The van der Waals surface area contributed by atoms with Crippen LogP contribution in [0.3, 0.4) is 0 Å². The standard InChI is InChI=1S/C8H8ClN5S2/c1-14(2)7-12-13-8(16-7)15-6-5(9)10-3-4-11-6/h3-4H,1-2H3. The van der Waals surface area contributed by atoms with E-state index in [0.717, 1.165) is 9.47 Å². The van der Waals surface area contributed by atoms with Gasteiger partial charge in [0.1, 0.15) is 5.03 Å². The molecule has 0 saturated heterocycles. The second-order valence-corrected chi connectivity index (χ2v) is 5.55. The van der Waals surface area contributed by atoms with E-state index in [1.807, 2.05) is 19.0 Å². The van der Waals surface area contributed by atoms with Crippen LogP contribution >= 0.6 is 34.7 Å². The van der Waals surface area contributed by atoms with Gasteiger partial charge < -0.3 is 4.90 Å². The predicted octanol–water partition coefficient (Wildman–Crippen LogP) is 2.20. The average Bonchev–Trinajstić information content (AvgIpc) is 2.70. The fourth-order valence-electron chi connectivity index (χ4n) is 0.884. The number of aromatic nitrogens is 4. The van der Waals surface area contributed by atoms with Crippen molar-refractivity contribution in [3.63, 3.8) is 0 Å². The molecule has 0 spiro atoms. The lowest BCUT2D eigenvalue weighted by atomic mass is 10.8. The molecule has 2 aromatic heterocycles. The molecule has 0 fully saturated rings. The summed E-state index contributed by atoms with van der Waals surface area (Å²) >= 11 is 8.74. The smallest absolute Gasteiger partial charge is 0.208 e. The third-order valence-electron chi connectivity index (χ3n) is 1.59. The molecule has 84 valence electrons. The van der Waals surface area contributed by atoms with Crippen LogP contribution in [-0.4, -0.2) is 34.3 Å². The van der Waals surface area contributed by atoms with E-state index in [2.05, 4.69) is 20.2 Å². The monoisotopic (exact) mass is 273 g/mol. The summed E-state index contributed by atoms with van der Waals surface area (Å²) in [6, 6.07) is 0. The molecule has 0 aliphatic heterocycles. The van der Waals surface area contributed by atoms with Gasteiger partial charge in [-0.2, -0.15) is 0 Å². The summed E-state index contributed by atoms with van der Waals surface area (Å²) in [7, 11) is 3.84. The van der Waals surface area contributed by atoms with Crippen LogP contribution in [-0.2, 0) is 0 Å².